The Morgan fingerprint density at radius 1 is 1.00 bits per heavy atom. The van der Waals surface area contributed by atoms with E-state index in [0.717, 1.165) is 0 Å². The molecule has 0 N–H and O–H groups in total. The fourth-order valence-corrected chi connectivity index (χ4v) is 0. The third-order valence-electron chi connectivity index (χ3n) is 0. The Bertz CT molecular complexity index is 11.6. The minimum absolute atomic E-state index is 0. The van der Waals surface area contributed by atoms with Crippen molar-refractivity contribution in [3.63, 3.8) is 0 Å². The Balaban J connectivity index is 0. The maximum atomic E-state index is 0. The Morgan fingerprint density at radius 3 is 1.00 bits per heavy atom. The summed E-state index contributed by atoms with van der Waals surface area (Å²) in [6, 6.07) is 0. The van der Waals surface area contributed by atoms with Gasteiger partial charge in [0.25, 0.3) is 0 Å². The molecule has 0 rings (SSSR count). The van der Waals surface area contributed by atoms with Crippen LogP contribution < -0.4 is 0 Å². The van der Waals surface area contributed by atoms with Crippen LogP contribution in [0.25, 0.3) is 0 Å². The fraction of sp³-hybridized carbons (Fsp3) is 0. The zero-order valence-corrected chi connectivity index (χ0v) is 9.27. The smallest absolute Gasteiger partial charge is 0.0125 e. The van der Waals surface area contributed by atoms with Gasteiger partial charge in [0.1, 0.15) is 0 Å². The molecule has 0 bridgehead atoms. The normalized spacial score (nSPS) is 0. The summed E-state index contributed by atoms with van der Waals surface area (Å²) in [4.78, 5) is 0. The van der Waals surface area contributed by atoms with E-state index in [-0.39, 0.29) is 80.5 Å². The average Bonchev–Trinajstić information content (AvgIpc) is 0. The van der Waals surface area contributed by atoms with Crippen LogP contribution in [-0.4, -0.2) is 64.0 Å². The Kier molecular flexibility index (Phi) is 387. The fourth-order valence-electron chi connectivity index (χ4n) is 0. The summed E-state index contributed by atoms with van der Waals surface area (Å²) in [5.74, 6) is 0. The van der Waals surface area contributed by atoms with Crippen LogP contribution in [-0.2, 0) is 16.5 Å². The van der Waals surface area contributed by atoms with Crippen molar-refractivity contribution in [1.82, 2.24) is 0 Å². The van der Waals surface area contributed by atoms with Crippen LogP contribution in [0.1, 0.15) is 0 Å². The van der Waals surface area contributed by atoms with Crippen molar-refractivity contribution in [2.75, 3.05) is 0 Å². The Morgan fingerprint density at radius 2 is 1.00 bits per heavy atom. The largest absolute Gasteiger partial charge is 0.187 e. The molecular weight excluding hydrogens is 332 g/mol. The van der Waals surface area contributed by atoms with E-state index in [0.29, 0.717) is 0 Å². The summed E-state index contributed by atoms with van der Waals surface area (Å²) in [5.41, 5.74) is 0. The van der Waals surface area contributed by atoms with E-state index < -0.39 is 0 Å². The molecule has 0 fully saturated rings. The van der Waals surface area contributed by atoms with Crippen molar-refractivity contribution in [3.8, 4) is 0 Å². The summed E-state index contributed by atoms with van der Waals surface area (Å²) < 4.78 is 0. The van der Waals surface area contributed by atoms with Gasteiger partial charge in [0, 0.05) is 52.2 Å². The van der Waals surface area contributed by atoms with Gasteiger partial charge in [0.2, 0.25) is 0 Å². The van der Waals surface area contributed by atoms with E-state index in [2.05, 4.69) is 0 Å². The zero-order valence-electron chi connectivity index (χ0n) is 2.39. The molecule has 0 atom stereocenters. The quantitative estimate of drug-likeness (QED) is 0.410. The molecule has 0 aromatic carbocycles. The molecule has 0 nitrogen and oxygen atoms in total. The maximum Gasteiger partial charge on any atom is 0.187 e. The van der Waals surface area contributed by atoms with Crippen LogP contribution in [0.4, 0.5) is 0 Å². The van der Waals surface area contributed by atoms with Crippen molar-refractivity contribution in [1.29, 1.82) is 0 Å². The van der Waals surface area contributed by atoms with Gasteiger partial charge in [-0.2, -0.15) is 0 Å². The number of hydrogen-bond donors (Lipinski definition) is 0. The van der Waals surface area contributed by atoms with Crippen LogP contribution >= 0.6 is 0 Å². The van der Waals surface area contributed by atoms with Crippen LogP contribution in [0.5, 0.6) is 0 Å². The first-order valence-corrected chi connectivity index (χ1v) is 0. The summed E-state index contributed by atoms with van der Waals surface area (Å²) >= 11 is 0. The zero-order chi connectivity index (χ0) is 0. The van der Waals surface area contributed by atoms with E-state index in [1.54, 1.807) is 0 Å². The molecule has 0 aliphatic rings. The molecule has 0 aromatic heterocycles. The average molecular weight is 338 g/mol. The minimum atomic E-state index is 0. The molecule has 8 radical (unpaired) electrons. The van der Waals surface area contributed by atoms with Crippen molar-refractivity contribution < 1.29 is 16.5 Å². The second kappa shape index (κ2) is 34.3. The van der Waals surface area contributed by atoms with Crippen molar-refractivity contribution in [2.24, 2.45) is 0 Å². The molecule has 0 saturated heterocycles. The second-order valence-electron chi connectivity index (χ2n) is 0. The number of rotatable bonds is 0. The van der Waals surface area contributed by atoms with E-state index >= 15 is 0 Å². The molecule has 5 heteroatoms. The standard InChI is InChI=1S/Al.B.Ni.Pb.H3Si.3H/h;;;;1H3;;;. The summed E-state index contributed by atoms with van der Waals surface area (Å²) in [6.07, 6.45) is 0. The predicted octanol–water partition coefficient (Wildman–Crippen LogP) is -3.13. The molecule has 0 heterocycles. The molecule has 0 aliphatic heterocycles. The van der Waals surface area contributed by atoms with Crippen LogP contribution in [0, 0.1) is 0 Å². The van der Waals surface area contributed by atoms with Gasteiger partial charge in [-0.1, -0.05) is 0 Å². The summed E-state index contributed by atoms with van der Waals surface area (Å²) in [6.45, 7) is 0. The molecule has 0 spiro atoms. The first-order valence-electron chi connectivity index (χ1n) is 0. The van der Waals surface area contributed by atoms with Gasteiger partial charge >= 0.3 is 0 Å². The maximum absolute atomic E-state index is 0. The topological polar surface area (TPSA) is 0 Å². The Labute approximate surface area is 79.7 Å². The van der Waals surface area contributed by atoms with Crippen LogP contribution in [0.2, 0.25) is 0 Å². The molecule has 30 valence electrons. The summed E-state index contributed by atoms with van der Waals surface area (Å²) in [7, 11) is 0. The minimum Gasteiger partial charge on any atom is -0.0125 e. The van der Waals surface area contributed by atoms with Gasteiger partial charge in [0.15, 0.2) is 17.4 Å². The molecule has 0 aromatic rings. The van der Waals surface area contributed by atoms with Gasteiger partial charge in [0.05, 0.1) is 0 Å². The van der Waals surface area contributed by atoms with Gasteiger partial charge in [-0.05, 0) is 11.0 Å². The Hall–Kier alpha value is 2.23. The van der Waals surface area contributed by atoms with Gasteiger partial charge < -0.3 is 0 Å². The van der Waals surface area contributed by atoms with E-state index in [1.807, 2.05) is 0 Å². The van der Waals surface area contributed by atoms with Gasteiger partial charge in [-0.25, -0.2) is 0 Å². The summed E-state index contributed by atoms with van der Waals surface area (Å²) in [5, 5.41) is 0. The van der Waals surface area contributed by atoms with Crippen molar-refractivity contribution in [2.45, 2.75) is 0 Å². The molecule has 0 unspecified atom stereocenters. The van der Waals surface area contributed by atoms with E-state index in [9.17, 15) is 0 Å². The van der Waals surface area contributed by atoms with Crippen LogP contribution in [0.15, 0.2) is 0 Å². The first-order chi connectivity index (χ1) is 0. The van der Waals surface area contributed by atoms with Crippen molar-refractivity contribution in [3.05, 3.63) is 0 Å². The monoisotopic (exact) mass is 338 g/mol. The molecule has 0 saturated carbocycles. The van der Waals surface area contributed by atoms with E-state index in [4.69, 9.17) is 0 Å². The number of hydrogen-bond acceptors (Lipinski definition) is 0. The van der Waals surface area contributed by atoms with Crippen LogP contribution in [0.3, 0.4) is 0 Å². The van der Waals surface area contributed by atoms with E-state index in [1.165, 1.54) is 0 Å². The van der Waals surface area contributed by atoms with Gasteiger partial charge in [-0.3, -0.25) is 0 Å². The van der Waals surface area contributed by atoms with Gasteiger partial charge in [-0.15, -0.1) is 0 Å². The third kappa shape index (κ3) is 22.4. The first kappa shape index (κ1) is 56.4. The molecule has 0 aliphatic carbocycles. The van der Waals surface area contributed by atoms with Crippen molar-refractivity contribution >= 4 is 64.0 Å². The molecule has 0 amide bonds. The molecular formula is H6AlBNiPbSi. The third-order valence-corrected chi connectivity index (χ3v) is 0. The predicted molar refractivity (Wildman–Crippen MR) is 31.4 cm³/mol. The second-order valence-corrected chi connectivity index (χ2v) is 0. The molecule has 5 heavy (non-hydrogen) atoms. The SMILES string of the molecule is [AlH3].[B].[Ni].[Pb].[SiH3].